The van der Waals surface area contributed by atoms with Gasteiger partial charge in [0.15, 0.2) is 5.13 Å². The Morgan fingerprint density at radius 2 is 2.00 bits per heavy atom. The summed E-state index contributed by atoms with van der Waals surface area (Å²) in [7, 11) is 3.27. The van der Waals surface area contributed by atoms with Gasteiger partial charge in [-0.05, 0) is 30.6 Å². The molecule has 2 N–H and O–H groups in total. The van der Waals surface area contributed by atoms with Crippen LogP contribution in [0.2, 0.25) is 0 Å². The van der Waals surface area contributed by atoms with Gasteiger partial charge in [0.1, 0.15) is 18.9 Å². The Hall–Kier alpha value is -2.36. The first-order valence-corrected chi connectivity index (χ1v) is 10.7. The molecule has 1 aromatic heterocycles. The number of rotatable bonds is 3. The van der Waals surface area contributed by atoms with Gasteiger partial charge in [-0.3, -0.25) is 9.69 Å². The molecule has 4 rings (SSSR count). The third-order valence-electron chi connectivity index (χ3n) is 6.28. The number of thiazole rings is 1. The number of fused-ring (bicyclic) bond motifs is 2. The highest BCUT2D eigenvalue weighted by atomic mass is 32.1. The summed E-state index contributed by atoms with van der Waals surface area (Å²) in [6.45, 7) is 6.67. The molecule has 0 bridgehead atoms. The van der Waals surface area contributed by atoms with Crippen LogP contribution < -0.4 is 10.6 Å². The van der Waals surface area contributed by atoms with Gasteiger partial charge in [-0.1, -0.05) is 20.8 Å². The lowest BCUT2D eigenvalue weighted by atomic mass is 9.73. The number of carbonyl (C=O) groups is 3. The standard InChI is InChI=1S/C19H28N6O3S/c1-19(2,3)10-6-7-11-12(8-10)29-16(20-11)21-13(26)9-25-15-14(22-17(25)27)23(4)18(28)24(15)5/h10,14-15H,6-9H2,1-5H3,(H,22,27)(H,20,21,26)/t10-,14-,15+/m1/s1. The summed E-state index contributed by atoms with van der Waals surface area (Å²) in [6, 6.07) is -0.542. The number of nitrogens with one attached hydrogen (secondary N) is 2. The molecule has 3 heterocycles. The minimum Gasteiger partial charge on any atom is -0.314 e. The first kappa shape index (κ1) is 19.9. The topological polar surface area (TPSA) is 97.9 Å². The van der Waals surface area contributed by atoms with Crippen molar-refractivity contribution in [2.45, 2.75) is 52.4 Å². The fourth-order valence-corrected chi connectivity index (χ4v) is 5.52. The summed E-state index contributed by atoms with van der Waals surface area (Å²) in [5.41, 5.74) is 1.33. The molecule has 0 unspecified atom stereocenters. The molecule has 5 amide bonds. The van der Waals surface area contributed by atoms with E-state index in [1.54, 1.807) is 14.1 Å². The maximum Gasteiger partial charge on any atom is 0.323 e. The van der Waals surface area contributed by atoms with Crippen molar-refractivity contribution in [3.8, 4) is 0 Å². The molecule has 9 nitrogen and oxygen atoms in total. The Balaban J connectivity index is 1.42. The number of hydrogen-bond donors (Lipinski definition) is 2. The molecular weight excluding hydrogens is 392 g/mol. The van der Waals surface area contributed by atoms with Crippen LogP contribution in [-0.2, 0) is 17.6 Å². The van der Waals surface area contributed by atoms with Gasteiger partial charge < -0.3 is 20.4 Å². The van der Waals surface area contributed by atoms with Crippen LogP contribution >= 0.6 is 11.3 Å². The van der Waals surface area contributed by atoms with Crippen molar-refractivity contribution in [2.24, 2.45) is 11.3 Å². The summed E-state index contributed by atoms with van der Waals surface area (Å²) in [4.78, 5) is 47.3. The van der Waals surface area contributed by atoms with E-state index in [0.717, 1.165) is 25.0 Å². The smallest absolute Gasteiger partial charge is 0.314 e. The molecule has 1 aliphatic carbocycles. The lowest BCUT2D eigenvalue weighted by Gasteiger charge is -2.33. The Kier molecular flexibility index (Phi) is 4.71. The van der Waals surface area contributed by atoms with Crippen molar-refractivity contribution in [2.75, 3.05) is 26.0 Å². The maximum atomic E-state index is 12.6. The number of carbonyl (C=O) groups excluding carboxylic acids is 3. The molecule has 3 aliphatic rings. The summed E-state index contributed by atoms with van der Waals surface area (Å²) in [5, 5.41) is 6.19. The number of amides is 5. The Morgan fingerprint density at radius 3 is 2.69 bits per heavy atom. The van der Waals surface area contributed by atoms with Crippen LogP contribution in [0, 0.1) is 11.3 Å². The van der Waals surface area contributed by atoms with Crippen molar-refractivity contribution in [1.82, 2.24) is 25.0 Å². The van der Waals surface area contributed by atoms with Gasteiger partial charge in [0.05, 0.1) is 5.69 Å². The van der Waals surface area contributed by atoms with Gasteiger partial charge in [0, 0.05) is 19.0 Å². The third-order valence-corrected chi connectivity index (χ3v) is 7.31. The fourth-order valence-electron chi connectivity index (χ4n) is 4.42. The van der Waals surface area contributed by atoms with Crippen molar-refractivity contribution in [3.05, 3.63) is 10.6 Å². The lowest BCUT2D eigenvalue weighted by Crippen LogP contribution is -2.47. The zero-order valence-electron chi connectivity index (χ0n) is 17.5. The number of anilines is 1. The average Bonchev–Trinajstić information content (AvgIpc) is 3.24. The average molecular weight is 421 g/mol. The van der Waals surface area contributed by atoms with E-state index in [-0.39, 0.29) is 29.9 Å². The van der Waals surface area contributed by atoms with E-state index in [1.165, 1.54) is 30.9 Å². The Labute approximate surface area is 174 Å². The zero-order valence-corrected chi connectivity index (χ0v) is 18.3. The molecule has 0 radical (unpaired) electrons. The van der Waals surface area contributed by atoms with E-state index in [4.69, 9.17) is 0 Å². The second-order valence-electron chi connectivity index (χ2n) is 9.18. The van der Waals surface area contributed by atoms with E-state index >= 15 is 0 Å². The molecule has 2 aliphatic heterocycles. The largest absolute Gasteiger partial charge is 0.323 e. The minimum atomic E-state index is -0.497. The van der Waals surface area contributed by atoms with Crippen LogP contribution in [0.25, 0.3) is 0 Å². The van der Waals surface area contributed by atoms with Crippen molar-refractivity contribution in [1.29, 1.82) is 0 Å². The first-order valence-electron chi connectivity index (χ1n) is 9.91. The molecule has 2 fully saturated rings. The normalized spacial score (nSPS) is 26.5. The van der Waals surface area contributed by atoms with E-state index in [1.807, 2.05) is 0 Å². The van der Waals surface area contributed by atoms with Gasteiger partial charge in [-0.15, -0.1) is 11.3 Å². The molecule has 0 spiro atoms. The summed E-state index contributed by atoms with van der Waals surface area (Å²) >= 11 is 1.53. The summed E-state index contributed by atoms with van der Waals surface area (Å²) in [6.07, 6.45) is 2.08. The van der Waals surface area contributed by atoms with Gasteiger partial charge in [0.2, 0.25) is 5.91 Å². The molecule has 0 aromatic carbocycles. The molecule has 158 valence electrons. The number of aromatic nitrogens is 1. The molecular formula is C19H28N6O3S. The summed E-state index contributed by atoms with van der Waals surface area (Å²) in [5.74, 6) is 0.298. The maximum absolute atomic E-state index is 12.6. The highest BCUT2D eigenvalue weighted by molar-refractivity contribution is 7.15. The predicted octanol–water partition coefficient (Wildman–Crippen LogP) is 1.91. The van der Waals surface area contributed by atoms with Crippen molar-refractivity contribution >= 4 is 34.4 Å². The quantitative estimate of drug-likeness (QED) is 0.780. The molecule has 2 saturated heterocycles. The van der Waals surface area contributed by atoms with Gasteiger partial charge >= 0.3 is 12.1 Å². The molecule has 29 heavy (non-hydrogen) atoms. The molecule has 10 heteroatoms. The fraction of sp³-hybridized carbons (Fsp3) is 0.684. The van der Waals surface area contributed by atoms with Crippen LogP contribution in [0.4, 0.5) is 14.7 Å². The number of hydrogen-bond acceptors (Lipinski definition) is 5. The second kappa shape index (κ2) is 6.86. The van der Waals surface area contributed by atoms with Crippen LogP contribution in [0.5, 0.6) is 0 Å². The Bertz CT molecular complexity index is 863. The van der Waals surface area contributed by atoms with E-state index in [9.17, 15) is 14.4 Å². The number of aryl methyl sites for hydroxylation is 1. The highest BCUT2D eigenvalue weighted by Crippen LogP contribution is 2.40. The third kappa shape index (κ3) is 3.43. The zero-order chi connectivity index (χ0) is 21.1. The number of likely N-dealkylation sites (N-methyl/N-ethyl adjacent to an activating group) is 2. The number of nitrogens with zero attached hydrogens (tertiary/aromatic N) is 4. The highest BCUT2D eigenvalue weighted by Gasteiger charge is 2.52. The Morgan fingerprint density at radius 1 is 1.28 bits per heavy atom. The molecule has 1 aromatic rings. The van der Waals surface area contributed by atoms with Crippen LogP contribution in [-0.4, -0.2) is 70.6 Å². The monoisotopic (exact) mass is 420 g/mol. The number of urea groups is 2. The predicted molar refractivity (Wildman–Crippen MR) is 109 cm³/mol. The molecule has 0 saturated carbocycles. The SMILES string of the molecule is CN1C(=O)N(C)[C@@H]2[C@@H]1NC(=O)N2CC(=O)Nc1nc2c(s1)C[C@H](C(C)(C)C)CC2. The summed E-state index contributed by atoms with van der Waals surface area (Å²) < 4.78 is 0. The minimum absolute atomic E-state index is 0.132. The lowest BCUT2D eigenvalue weighted by molar-refractivity contribution is -0.117. The van der Waals surface area contributed by atoms with Crippen molar-refractivity contribution in [3.63, 3.8) is 0 Å². The van der Waals surface area contributed by atoms with Gasteiger partial charge in [0.25, 0.3) is 0 Å². The van der Waals surface area contributed by atoms with Crippen molar-refractivity contribution < 1.29 is 14.4 Å². The van der Waals surface area contributed by atoms with E-state index < -0.39 is 12.3 Å². The van der Waals surface area contributed by atoms with Crippen LogP contribution in [0.3, 0.4) is 0 Å². The first-order chi connectivity index (χ1) is 13.6. The van der Waals surface area contributed by atoms with Crippen LogP contribution in [0.1, 0.15) is 37.8 Å². The van der Waals surface area contributed by atoms with Crippen LogP contribution in [0.15, 0.2) is 0 Å². The van der Waals surface area contributed by atoms with E-state index in [0.29, 0.717) is 11.0 Å². The van der Waals surface area contributed by atoms with Gasteiger partial charge in [-0.2, -0.15) is 0 Å². The second-order valence-corrected chi connectivity index (χ2v) is 10.3. The molecule has 3 atom stereocenters. The van der Waals surface area contributed by atoms with E-state index in [2.05, 4.69) is 36.4 Å². The van der Waals surface area contributed by atoms with Gasteiger partial charge in [-0.25, -0.2) is 14.6 Å².